The molecule has 1 aromatic heterocycles. The number of amides is 2. The van der Waals surface area contributed by atoms with Crippen LogP contribution in [0.3, 0.4) is 0 Å². The van der Waals surface area contributed by atoms with Gasteiger partial charge in [-0.15, -0.1) is 0 Å². The van der Waals surface area contributed by atoms with Gasteiger partial charge in [0.15, 0.2) is 0 Å². The molecule has 1 aromatic rings. The van der Waals surface area contributed by atoms with Gasteiger partial charge in [-0.2, -0.15) is 9.78 Å². The summed E-state index contributed by atoms with van der Waals surface area (Å²) in [6.07, 6.45) is 0.803. The predicted octanol–water partition coefficient (Wildman–Crippen LogP) is 0.521. The lowest BCUT2D eigenvalue weighted by atomic mass is 9.76. The minimum Gasteiger partial charge on any atom is -0.391 e. The number of carbonyl (C=O) groups is 2. The van der Waals surface area contributed by atoms with Gasteiger partial charge < -0.3 is 20.6 Å². The Hall–Kier alpha value is -1.93. The van der Waals surface area contributed by atoms with Crippen LogP contribution in [0.5, 0.6) is 0 Å². The molecule has 0 aliphatic carbocycles. The van der Waals surface area contributed by atoms with Crippen LogP contribution in [-0.2, 0) is 17.8 Å². The van der Waals surface area contributed by atoms with Crippen LogP contribution >= 0.6 is 0 Å². The SMILES string of the molecule is CN1CCc2c(c([C@@H](C(=O)N3CC[C@H](O)C3)C(C)(C)C)nn2C(N)=O)C1. The molecule has 144 valence electrons. The van der Waals surface area contributed by atoms with Crippen LogP contribution in [0.1, 0.15) is 50.1 Å². The lowest BCUT2D eigenvalue weighted by molar-refractivity contribution is -0.134. The number of hydrogen-bond donors (Lipinski definition) is 2. The van der Waals surface area contributed by atoms with E-state index >= 15 is 0 Å². The summed E-state index contributed by atoms with van der Waals surface area (Å²) in [5.41, 5.74) is 7.54. The maximum atomic E-state index is 13.3. The highest BCUT2D eigenvalue weighted by Gasteiger charge is 2.42. The van der Waals surface area contributed by atoms with E-state index in [0.29, 0.717) is 38.2 Å². The van der Waals surface area contributed by atoms with Crippen LogP contribution in [0.2, 0.25) is 0 Å². The van der Waals surface area contributed by atoms with Crippen molar-refractivity contribution >= 4 is 11.9 Å². The molecule has 2 atom stereocenters. The number of aliphatic hydroxyl groups excluding tert-OH is 1. The molecule has 1 saturated heterocycles. The number of hydrogen-bond acceptors (Lipinski definition) is 5. The molecule has 2 aliphatic rings. The number of primary amides is 1. The summed E-state index contributed by atoms with van der Waals surface area (Å²) in [5, 5.41) is 14.3. The first kappa shape index (κ1) is 18.8. The van der Waals surface area contributed by atoms with E-state index in [0.717, 1.165) is 17.8 Å². The number of rotatable bonds is 2. The van der Waals surface area contributed by atoms with Gasteiger partial charge in [0.05, 0.1) is 23.4 Å². The zero-order valence-corrected chi connectivity index (χ0v) is 16.0. The number of nitrogens with zero attached hydrogens (tertiary/aromatic N) is 4. The highest BCUT2D eigenvalue weighted by molar-refractivity contribution is 5.85. The third kappa shape index (κ3) is 3.35. The molecule has 0 aromatic carbocycles. The van der Waals surface area contributed by atoms with Crippen LogP contribution in [0, 0.1) is 5.41 Å². The molecule has 2 aliphatic heterocycles. The molecule has 1 fully saturated rings. The first-order valence-electron chi connectivity index (χ1n) is 9.15. The maximum absolute atomic E-state index is 13.3. The van der Waals surface area contributed by atoms with Crippen molar-refractivity contribution in [1.82, 2.24) is 19.6 Å². The highest BCUT2D eigenvalue weighted by atomic mass is 16.3. The number of likely N-dealkylation sites (N-methyl/N-ethyl adjacent to an activating group) is 1. The Labute approximate surface area is 153 Å². The molecule has 0 bridgehead atoms. The van der Waals surface area contributed by atoms with Crippen LogP contribution in [0.15, 0.2) is 0 Å². The van der Waals surface area contributed by atoms with E-state index in [2.05, 4.69) is 10.00 Å². The molecule has 0 spiro atoms. The van der Waals surface area contributed by atoms with E-state index in [-0.39, 0.29) is 11.3 Å². The standard InChI is InChI=1S/C18H29N5O3/c1-18(2,3)14(16(25)22-8-5-11(24)9-22)15-12-10-21(4)7-6-13(12)23(20-15)17(19)26/h11,14,24H,5-10H2,1-4H3,(H2,19,26)/t11-,14-/m0/s1. The molecule has 0 unspecified atom stereocenters. The summed E-state index contributed by atoms with van der Waals surface area (Å²) < 4.78 is 1.27. The molecule has 3 N–H and O–H groups in total. The van der Waals surface area contributed by atoms with Crippen LogP contribution in [-0.4, -0.2) is 69.4 Å². The highest BCUT2D eigenvalue weighted by Crippen LogP contribution is 2.40. The lowest BCUT2D eigenvalue weighted by Gasteiger charge is -2.33. The molecule has 8 nitrogen and oxygen atoms in total. The quantitative estimate of drug-likeness (QED) is 0.797. The molecule has 26 heavy (non-hydrogen) atoms. The van der Waals surface area contributed by atoms with Crippen molar-refractivity contribution in [2.45, 2.75) is 52.2 Å². The van der Waals surface area contributed by atoms with Crippen LogP contribution in [0.4, 0.5) is 4.79 Å². The topological polar surface area (TPSA) is 105 Å². The Balaban J connectivity index is 2.07. The Morgan fingerprint density at radius 2 is 2.00 bits per heavy atom. The van der Waals surface area contributed by atoms with Crippen LogP contribution in [0.25, 0.3) is 0 Å². The first-order valence-corrected chi connectivity index (χ1v) is 9.15. The van der Waals surface area contributed by atoms with Gasteiger partial charge in [-0.1, -0.05) is 20.8 Å². The first-order chi connectivity index (χ1) is 12.1. The molecule has 2 amide bonds. The summed E-state index contributed by atoms with van der Waals surface area (Å²) in [4.78, 5) is 29.1. The second-order valence-electron chi connectivity index (χ2n) is 8.57. The number of nitrogens with two attached hydrogens (primary N) is 1. The van der Waals surface area contributed by atoms with Gasteiger partial charge in [-0.05, 0) is 18.9 Å². The van der Waals surface area contributed by atoms with E-state index < -0.39 is 18.1 Å². The van der Waals surface area contributed by atoms with Crippen molar-refractivity contribution < 1.29 is 14.7 Å². The average Bonchev–Trinajstić information content (AvgIpc) is 3.10. The van der Waals surface area contributed by atoms with Crippen molar-refractivity contribution in [3.8, 4) is 0 Å². The van der Waals surface area contributed by atoms with Crippen molar-refractivity contribution in [3.05, 3.63) is 17.0 Å². The molecule has 3 rings (SSSR count). The summed E-state index contributed by atoms with van der Waals surface area (Å²) >= 11 is 0. The number of aliphatic hydroxyl groups is 1. The van der Waals surface area contributed by atoms with Gasteiger partial charge in [-0.25, -0.2) is 4.79 Å². The van der Waals surface area contributed by atoms with Gasteiger partial charge >= 0.3 is 6.03 Å². The molecule has 0 radical (unpaired) electrons. The average molecular weight is 363 g/mol. The van der Waals surface area contributed by atoms with E-state index in [1.807, 2.05) is 27.8 Å². The number of likely N-dealkylation sites (tertiary alicyclic amines) is 1. The Kier molecular flexibility index (Phi) is 4.83. The number of aromatic nitrogens is 2. The summed E-state index contributed by atoms with van der Waals surface area (Å²) in [5.74, 6) is -0.534. The number of fused-ring (bicyclic) bond motifs is 1. The predicted molar refractivity (Wildman–Crippen MR) is 96.6 cm³/mol. The van der Waals surface area contributed by atoms with E-state index in [1.54, 1.807) is 4.90 Å². The van der Waals surface area contributed by atoms with Crippen LogP contribution < -0.4 is 5.73 Å². The largest absolute Gasteiger partial charge is 0.391 e. The molecule has 8 heteroatoms. The Morgan fingerprint density at radius 3 is 2.54 bits per heavy atom. The van der Waals surface area contributed by atoms with Crippen molar-refractivity contribution in [2.24, 2.45) is 11.1 Å². The normalized spacial score (nSPS) is 22.3. The molecule has 0 saturated carbocycles. The van der Waals surface area contributed by atoms with Crippen molar-refractivity contribution in [1.29, 1.82) is 0 Å². The number of β-amino-alcohol motifs (C(OH)–C–C–N with tert-alkyl or cyclic N) is 1. The second kappa shape index (κ2) is 6.66. The van der Waals surface area contributed by atoms with Crippen molar-refractivity contribution in [3.63, 3.8) is 0 Å². The second-order valence-corrected chi connectivity index (χ2v) is 8.57. The monoisotopic (exact) mass is 363 g/mol. The fourth-order valence-electron chi connectivity index (χ4n) is 4.02. The lowest BCUT2D eigenvalue weighted by Crippen LogP contribution is -2.40. The smallest absolute Gasteiger partial charge is 0.339 e. The molecular formula is C18H29N5O3. The molecular weight excluding hydrogens is 334 g/mol. The minimum absolute atomic E-state index is 0.0424. The van der Waals surface area contributed by atoms with Gasteiger partial charge in [0.2, 0.25) is 5.91 Å². The summed E-state index contributed by atoms with van der Waals surface area (Å²) in [7, 11) is 2.01. The van der Waals surface area contributed by atoms with Gasteiger partial charge in [0.25, 0.3) is 0 Å². The molecule has 3 heterocycles. The fraction of sp³-hybridized carbons (Fsp3) is 0.722. The fourth-order valence-corrected chi connectivity index (χ4v) is 4.02. The third-order valence-electron chi connectivity index (χ3n) is 5.35. The van der Waals surface area contributed by atoms with Gasteiger partial charge in [0.1, 0.15) is 0 Å². The minimum atomic E-state index is -0.617. The van der Waals surface area contributed by atoms with E-state index in [9.17, 15) is 14.7 Å². The zero-order valence-electron chi connectivity index (χ0n) is 16.0. The zero-order chi connectivity index (χ0) is 19.2. The van der Waals surface area contributed by atoms with E-state index in [1.165, 1.54) is 4.68 Å². The van der Waals surface area contributed by atoms with Gasteiger partial charge in [0, 0.05) is 38.2 Å². The van der Waals surface area contributed by atoms with E-state index in [4.69, 9.17) is 5.73 Å². The van der Waals surface area contributed by atoms with Gasteiger partial charge in [-0.3, -0.25) is 4.79 Å². The Morgan fingerprint density at radius 1 is 1.31 bits per heavy atom. The maximum Gasteiger partial charge on any atom is 0.339 e. The summed E-state index contributed by atoms with van der Waals surface area (Å²) in [6.45, 7) is 8.37. The Bertz CT molecular complexity index is 721. The third-order valence-corrected chi connectivity index (χ3v) is 5.35. The van der Waals surface area contributed by atoms with Crippen molar-refractivity contribution in [2.75, 3.05) is 26.7 Å². The number of carbonyl (C=O) groups excluding carboxylic acids is 2. The summed E-state index contributed by atoms with van der Waals surface area (Å²) in [6, 6.07) is -0.617.